The van der Waals surface area contributed by atoms with E-state index in [0.29, 0.717) is 0 Å². The molecule has 2 aromatic carbocycles. The van der Waals surface area contributed by atoms with Crippen LogP contribution in [-0.2, 0) is 11.8 Å². The minimum atomic E-state index is 0.00137. The molecule has 0 aliphatic rings. The van der Waals surface area contributed by atoms with Crippen molar-refractivity contribution < 1.29 is 0 Å². The Hall–Kier alpha value is -1.84. The fraction of sp³-hybridized carbons (Fsp3) is 0.318. The zero-order valence-corrected chi connectivity index (χ0v) is 17.6. The summed E-state index contributed by atoms with van der Waals surface area (Å²) < 4.78 is 0. The lowest BCUT2D eigenvalue weighted by molar-refractivity contribution is 0.568. The van der Waals surface area contributed by atoms with E-state index in [-0.39, 0.29) is 5.41 Å². The largest absolute Gasteiger partial charge is 0.332 e. The van der Waals surface area contributed by atoms with Gasteiger partial charge < -0.3 is 5.32 Å². The smallest absolute Gasteiger partial charge is 0.187 e. The SMILES string of the molecule is Cc1ccc(Nc2nc(C(C)(C)C)c(Cc3ccc(Cl)cc3)s2)cc1C. The fourth-order valence-electron chi connectivity index (χ4n) is 2.84. The molecule has 0 bridgehead atoms. The average molecular weight is 385 g/mol. The number of nitrogens with zero attached hydrogens (tertiary/aromatic N) is 1. The Kier molecular flexibility index (Phi) is 5.40. The molecule has 136 valence electrons. The number of halogens is 1. The van der Waals surface area contributed by atoms with Gasteiger partial charge in [-0.25, -0.2) is 4.98 Å². The molecule has 3 aromatic rings. The summed E-state index contributed by atoms with van der Waals surface area (Å²) in [5.74, 6) is 0. The number of nitrogens with one attached hydrogen (secondary N) is 1. The number of rotatable bonds is 4. The van der Waals surface area contributed by atoms with Gasteiger partial charge >= 0.3 is 0 Å². The highest BCUT2D eigenvalue weighted by Crippen LogP contribution is 2.35. The van der Waals surface area contributed by atoms with Crippen molar-refractivity contribution in [3.05, 3.63) is 74.7 Å². The summed E-state index contributed by atoms with van der Waals surface area (Å²) in [5.41, 5.74) is 6.07. The van der Waals surface area contributed by atoms with Crippen molar-refractivity contribution in [1.82, 2.24) is 4.98 Å². The molecule has 2 nitrogen and oxygen atoms in total. The number of hydrogen-bond donors (Lipinski definition) is 1. The van der Waals surface area contributed by atoms with Gasteiger partial charge in [0, 0.05) is 27.4 Å². The number of hydrogen-bond acceptors (Lipinski definition) is 3. The number of aryl methyl sites for hydroxylation is 2. The zero-order chi connectivity index (χ0) is 18.9. The van der Waals surface area contributed by atoms with E-state index in [2.05, 4.69) is 70.3 Å². The summed E-state index contributed by atoms with van der Waals surface area (Å²) >= 11 is 7.75. The van der Waals surface area contributed by atoms with Crippen molar-refractivity contribution in [3.8, 4) is 0 Å². The van der Waals surface area contributed by atoms with Crippen molar-refractivity contribution >= 4 is 33.8 Å². The van der Waals surface area contributed by atoms with E-state index in [9.17, 15) is 0 Å². The van der Waals surface area contributed by atoms with Gasteiger partial charge in [-0.05, 0) is 54.8 Å². The average Bonchev–Trinajstić information content (AvgIpc) is 2.96. The van der Waals surface area contributed by atoms with Gasteiger partial charge in [0.2, 0.25) is 0 Å². The second kappa shape index (κ2) is 7.42. The summed E-state index contributed by atoms with van der Waals surface area (Å²) in [6.45, 7) is 10.9. The van der Waals surface area contributed by atoms with Crippen LogP contribution in [0.4, 0.5) is 10.8 Å². The van der Waals surface area contributed by atoms with Gasteiger partial charge in [-0.15, -0.1) is 11.3 Å². The predicted molar refractivity (Wildman–Crippen MR) is 114 cm³/mol. The van der Waals surface area contributed by atoms with E-state index in [1.165, 1.54) is 21.6 Å². The van der Waals surface area contributed by atoms with Crippen LogP contribution in [0.5, 0.6) is 0 Å². The summed E-state index contributed by atoms with van der Waals surface area (Å²) in [4.78, 5) is 6.22. The molecule has 0 saturated carbocycles. The Balaban J connectivity index is 1.91. The van der Waals surface area contributed by atoms with Gasteiger partial charge in [0.15, 0.2) is 5.13 Å². The third-order valence-corrected chi connectivity index (χ3v) is 5.67. The molecule has 0 amide bonds. The van der Waals surface area contributed by atoms with Crippen molar-refractivity contribution in [2.24, 2.45) is 0 Å². The van der Waals surface area contributed by atoms with E-state index in [0.717, 1.165) is 28.0 Å². The molecule has 0 unspecified atom stereocenters. The number of anilines is 2. The third kappa shape index (κ3) is 4.46. The molecule has 1 heterocycles. The first-order valence-electron chi connectivity index (χ1n) is 8.81. The molecule has 1 aromatic heterocycles. The second-order valence-corrected chi connectivity index (χ2v) is 9.29. The van der Waals surface area contributed by atoms with Crippen LogP contribution >= 0.6 is 22.9 Å². The molecule has 26 heavy (non-hydrogen) atoms. The molecule has 0 saturated heterocycles. The van der Waals surface area contributed by atoms with E-state index in [1.807, 2.05) is 12.1 Å². The minimum absolute atomic E-state index is 0.00137. The van der Waals surface area contributed by atoms with E-state index < -0.39 is 0 Å². The highest BCUT2D eigenvalue weighted by Gasteiger charge is 2.23. The summed E-state index contributed by atoms with van der Waals surface area (Å²) in [6.07, 6.45) is 0.871. The standard InChI is InChI=1S/C22H25ClN2S/c1-14-6-11-18(12-15(14)2)24-21-25-20(22(3,4)5)19(26-21)13-16-7-9-17(23)10-8-16/h6-12H,13H2,1-5H3,(H,24,25). The molecule has 0 spiro atoms. The van der Waals surface area contributed by atoms with Gasteiger partial charge in [-0.1, -0.05) is 50.6 Å². The zero-order valence-electron chi connectivity index (χ0n) is 16.0. The van der Waals surface area contributed by atoms with E-state index in [4.69, 9.17) is 16.6 Å². The summed E-state index contributed by atoms with van der Waals surface area (Å²) in [7, 11) is 0. The molecule has 0 atom stereocenters. The fourth-order valence-corrected chi connectivity index (χ4v) is 4.19. The van der Waals surface area contributed by atoms with Crippen LogP contribution < -0.4 is 5.32 Å². The van der Waals surface area contributed by atoms with Crippen molar-refractivity contribution in [2.45, 2.75) is 46.5 Å². The van der Waals surface area contributed by atoms with Gasteiger partial charge in [-0.3, -0.25) is 0 Å². The summed E-state index contributed by atoms with van der Waals surface area (Å²) in [6, 6.07) is 14.5. The predicted octanol–water partition coefficient (Wildman–Crippen LogP) is 7.05. The van der Waals surface area contributed by atoms with Crippen molar-refractivity contribution in [2.75, 3.05) is 5.32 Å². The van der Waals surface area contributed by atoms with Gasteiger partial charge in [0.25, 0.3) is 0 Å². The maximum atomic E-state index is 6.02. The molecule has 0 radical (unpaired) electrons. The van der Waals surface area contributed by atoms with Crippen LogP contribution in [0.2, 0.25) is 5.02 Å². The van der Waals surface area contributed by atoms with Crippen molar-refractivity contribution in [3.63, 3.8) is 0 Å². The Morgan fingerprint density at radius 1 is 1.00 bits per heavy atom. The molecule has 1 N–H and O–H groups in total. The van der Waals surface area contributed by atoms with Crippen LogP contribution in [0.1, 0.15) is 48.0 Å². The third-order valence-electron chi connectivity index (χ3n) is 4.44. The number of benzene rings is 2. The molecule has 0 fully saturated rings. The first-order chi connectivity index (χ1) is 12.2. The lowest BCUT2D eigenvalue weighted by atomic mass is 9.90. The van der Waals surface area contributed by atoms with Crippen LogP contribution in [0, 0.1) is 13.8 Å². The number of thiazole rings is 1. The Bertz CT molecular complexity index is 905. The van der Waals surface area contributed by atoms with Crippen LogP contribution in [0.25, 0.3) is 0 Å². The first-order valence-corrected chi connectivity index (χ1v) is 10.0. The van der Waals surface area contributed by atoms with Crippen LogP contribution in [-0.4, -0.2) is 4.98 Å². The second-order valence-electron chi connectivity index (χ2n) is 7.77. The Labute approximate surface area is 165 Å². The summed E-state index contributed by atoms with van der Waals surface area (Å²) in [5, 5.41) is 5.20. The Morgan fingerprint density at radius 3 is 2.31 bits per heavy atom. The molecular formula is C22H25ClN2S. The first kappa shape index (κ1) is 18.9. The van der Waals surface area contributed by atoms with E-state index in [1.54, 1.807) is 11.3 Å². The lowest BCUT2D eigenvalue weighted by Crippen LogP contribution is -2.14. The van der Waals surface area contributed by atoms with Gasteiger partial charge in [0.1, 0.15) is 0 Å². The lowest BCUT2D eigenvalue weighted by Gasteiger charge is -2.17. The normalized spacial score (nSPS) is 11.6. The molecular weight excluding hydrogens is 360 g/mol. The maximum Gasteiger partial charge on any atom is 0.187 e. The molecule has 3 rings (SSSR count). The molecule has 4 heteroatoms. The minimum Gasteiger partial charge on any atom is -0.332 e. The quantitative estimate of drug-likeness (QED) is 0.521. The highest BCUT2D eigenvalue weighted by atomic mass is 35.5. The van der Waals surface area contributed by atoms with Gasteiger partial charge in [0.05, 0.1) is 5.69 Å². The number of aromatic nitrogens is 1. The topological polar surface area (TPSA) is 24.9 Å². The Morgan fingerprint density at radius 2 is 1.69 bits per heavy atom. The van der Waals surface area contributed by atoms with Crippen LogP contribution in [0.15, 0.2) is 42.5 Å². The monoisotopic (exact) mass is 384 g/mol. The van der Waals surface area contributed by atoms with E-state index >= 15 is 0 Å². The molecule has 0 aliphatic heterocycles. The van der Waals surface area contributed by atoms with Crippen LogP contribution in [0.3, 0.4) is 0 Å². The van der Waals surface area contributed by atoms with Crippen molar-refractivity contribution in [1.29, 1.82) is 0 Å². The molecule has 0 aliphatic carbocycles. The highest BCUT2D eigenvalue weighted by molar-refractivity contribution is 7.15. The maximum absolute atomic E-state index is 6.02. The van der Waals surface area contributed by atoms with Gasteiger partial charge in [-0.2, -0.15) is 0 Å².